The van der Waals surface area contributed by atoms with E-state index in [1.54, 1.807) is 0 Å². The third-order valence-corrected chi connectivity index (χ3v) is 2.42. The van der Waals surface area contributed by atoms with Gasteiger partial charge in [0.25, 0.3) is 0 Å². The Morgan fingerprint density at radius 3 is 2.94 bits per heavy atom. The van der Waals surface area contributed by atoms with Crippen molar-refractivity contribution in [2.45, 2.75) is 13.3 Å². The van der Waals surface area contributed by atoms with Gasteiger partial charge in [-0.05, 0) is 12.5 Å². The van der Waals surface area contributed by atoms with Crippen molar-refractivity contribution in [1.82, 2.24) is 4.98 Å². The summed E-state index contributed by atoms with van der Waals surface area (Å²) in [5.74, 6) is 0.148. The minimum Gasteiger partial charge on any atom is -0.474 e. The van der Waals surface area contributed by atoms with Gasteiger partial charge in [0.2, 0.25) is 5.88 Å². The van der Waals surface area contributed by atoms with E-state index in [4.69, 9.17) is 32.0 Å². The highest BCUT2D eigenvalue weighted by atomic mass is 35.5. The van der Waals surface area contributed by atoms with Crippen molar-refractivity contribution in [3.05, 3.63) is 22.8 Å². The SMILES string of the molecule is CCCOCCOc1nccc(/C(N)=N/O)c1Cl. The summed E-state index contributed by atoms with van der Waals surface area (Å²) in [7, 11) is 0. The van der Waals surface area contributed by atoms with Crippen molar-refractivity contribution in [2.75, 3.05) is 19.8 Å². The van der Waals surface area contributed by atoms with Gasteiger partial charge < -0.3 is 20.4 Å². The number of ether oxygens (including phenoxy) is 2. The predicted molar refractivity (Wildman–Crippen MR) is 68.4 cm³/mol. The maximum absolute atomic E-state index is 8.60. The molecule has 0 radical (unpaired) electrons. The standard InChI is InChI=1S/C11H16ClN3O3/c1-2-5-17-6-7-18-11-9(12)8(3-4-14-11)10(13)15-16/h3-4,16H,2,5-7H2,1H3,(H2,13,15). The summed E-state index contributed by atoms with van der Waals surface area (Å²) in [5, 5.41) is 11.7. The summed E-state index contributed by atoms with van der Waals surface area (Å²) in [6, 6.07) is 1.54. The van der Waals surface area contributed by atoms with Gasteiger partial charge in [-0.25, -0.2) is 4.98 Å². The Kier molecular flexibility index (Phi) is 6.24. The molecule has 0 bridgehead atoms. The summed E-state index contributed by atoms with van der Waals surface area (Å²) >= 11 is 6.02. The molecule has 0 atom stereocenters. The van der Waals surface area contributed by atoms with Crippen LogP contribution >= 0.6 is 11.6 Å². The van der Waals surface area contributed by atoms with Crippen LogP contribution in [0.3, 0.4) is 0 Å². The Morgan fingerprint density at radius 2 is 2.28 bits per heavy atom. The quantitative estimate of drug-likeness (QED) is 0.259. The number of hydrogen-bond donors (Lipinski definition) is 2. The lowest BCUT2D eigenvalue weighted by molar-refractivity contribution is 0.0990. The zero-order valence-electron chi connectivity index (χ0n) is 10.1. The summed E-state index contributed by atoms with van der Waals surface area (Å²) in [6.07, 6.45) is 2.43. The molecule has 100 valence electrons. The fourth-order valence-electron chi connectivity index (χ4n) is 1.22. The molecule has 0 fully saturated rings. The second-order valence-electron chi connectivity index (χ2n) is 3.42. The van der Waals surface area contributed by atoms with Crippen LogP contribution in [0, 0.1) is 0 Å². The molecule has 0 aliphatic carbocycles. The zero-order chi connectivity index (χ0) is 13.4. The van der Waals surface area contributed by atoms with E-state index < -0.39 is 0 Å². The normalized spacial score (nSPS) is 11.6. The average molecular weight is 274 g/mol. The molecule has 1 heterocycles. The Hall–Kier alpha value is -1.53. The average Bonchev–Trinajstić information content (AvgIpc) is 2.39. The summed E-state index contributed by atoms with van der Waals surface area (Å²) in [5.41, 5.74) is 5.84. The first-order valence-electron chi connectivity index (χ1n) is 5.53. The summed E-state index contributed by atoms with van der Waals surface area (Å²) < 4.78 is 10.6. The van der Waals surface area contributed by atoms with Crippen molar-refractivity contribution in [2.24, 2.45) is 10.9 Å². The van der Waals surface area contributed by atoms with Gasteiger partial charge in [-0.2, -0.15) is 0 Å². The number of amidine groups is 1. The molecule has 0 unspecified atom stereocenters. The van der Waals surface area contributed by atoms with Crippen LogP contribution in [0.1, 0.15) is 18.9 Å². The minimum atomic E-state index is -0.0884. The number of oxime groups is 1. The van der Waals surface area contributed by atoms with E-state index in [9.17, 15) is 0 Å². The van der Waals surface area contributed by atoms with Gasteiger partial charge >= 0.3 is 0 Å². The molecule has 0 saturated carbocycles. The van der Waals surface area contributed by atoms with Crippen molar-refractivity contribution in [3.8, 4) is 5.88 Å². The van der Waals surface area contributed by atoms with E-state index in [2.05, 4.69) is 10.1 Å². The van der Waals surface area contributed by atoms with Crippen LogP contribution in [-0.4, -0.2) is 35.8 Å². The predicted octanol–water partition coefficient (Wildman–Crippen LogP) is 1.63. The van der Waals surface area contributed by atoms with Crippen molar-refractivity contribution in [1.29, 1.82) is 0 Å². The maximum atomic E-state index is 8.60. The highest BCUT2D eigenvalue weighted by Crippen LogP contribution is 2.25. The minimum absolute atomic E-state index is 0.0884. The lowest BCUT2D eigenvalue weighted by Gasteiger charge is -2.09. The van der Waals surface area contributed by atoms with Crippen molar-refractivity contribution < 1.29 is 14.7 Å². The molecule has 1 aromatic heterocycles. The molecular weight excluding hydrogens is 258 g/mol. The third kappa shape index (κ3) is 4.05. The van der Waals surface area contributed by atoms with E-state index in [0.29, 0.717) is 25.4 Å². The van der Waals surface area contributed by atoms with Gasteiger partial charge in [-0.15, -0.1) is 0 Å². The smallest absolute Gasteiger partial charge is 0.233 e. The van der Waals surface area contributed by atoms with Crippen LogP contribution in [0.5, 0.6) is 5.88 Å². The maximum Gasteiger partial charge on any atom is 0.233 e. The fraction of sp³-hybridized carbons (Fsp3) is 0.455. The number of halogens is 1. The van der Waals surface area contributed by atoms with Crippen LogP contribution in [0.2, 0.25) is 5.02 Å². The molecule has 0 aromatic carbocycles. The highest BCUT2D eigenvalue weighted by Gasteiger charge is 2.11. The van der Waals surface area contributed by atoms with E-state index >= 15 is 0 Å². The zero-order valence-corrected chi connectivity index (χ0v) is 10.9. The molecule has 0 spiro atoms. The number of hydrogen-bond acceptors (Lipinski definition) is 5. The molecule has 0 aliphatic heterocycles. The lowest BCUT2D eigenvalue weighted by atomic mass is 10.2. The van der Waals surface area contributed by atoms with E-state index in [1.165, 1.54) is 12.3 Å². The number of nitrogens with two attached hydrogens (primary N) is 1. The van der Waals surface area contributed by atoms with Gasteiger partial charge in [-0.1, -0.05) is 23.7 Å². The van der Waals surface area contributed by atoms with Crippen molar-refractivity contribution >= 4 is 17.4 Å². The number of pyridine rings is 1. The Morgan fingerprint density at radius 1 is 1.50 bits per heavy atom. The largest absolute Gasteiger partial charge is 0.474 e. The first kappa shape index (κ1) is 14.5. The van der Waals surface area contributed by atoms with Gasteiger partial charge in [-0.3, -0.25) is 0 Å². The van der Waals surface area contributed by atoms with E-state index in [0.717, 1.165) is 6.42 Å². The molecule has 1 rings (SSSR count). The van der Waals surface area contributed by atoms with Gasteiger partial charge in [0, 0.05) is 18.4 Å². The Labute approximate surface area is 110 Å². The molecule has 6 nitrogen and oxygen atoms in total. The lowest BCUT2D eigenvalue weighted by Crippen LogP contribution is -2.15. The molecular formula is C11H16ClN3O3. The molecule has 18 heavy (non-hydrogen) atoms. The van der Waals surface area contributed by atoms with Crippen molar-refractivity contribution in [3.63, 3.8) is 0 Å². The summed E-state index contributed by atoms with van der Waals surface area (Å²) in [6.45, 7) is 3.51. The Bertz CT molecular complexity index is 413. The molecule has 0 amide bonds. The van der Waals surface area contributed by atoms with E-state index in [-0.39, 0.29) is 16.7 Å². The number of aromatic nitrogens is 1. The van der Waals surface area contributed by atoms with Gasteiger partial charge in [0.05, 0.1) is 6.61 Å². The van der Waals surface area contributed by atoms with E-state index in [1.807, 2.05) is 6.92 Å². The van der Waals surface area contributed by atoms with Crippen LogP contribution < -0.4 is 10.5 Å². The summed E-state index contributed by atoms with van der Waals surface area (Å²) in [4.78, 5) is 3.97. The molecule has 7 heteroatoms. The Balaban J connectivity index is 2.61. The number of nitrogens with zero attached hydrogens (tertiary/aromatic N) is 2. The molecule has 0 saturated heterocycles. The second-order valence-corrected chi connectivity index (χ2v) is 3.80. The van der Waals surface area contributed by atoms with Crippen LogP contribution in [0.4, 0.5) is 0 Å². The number of rotatable bonds is 7. The first-order valence-corrected chi connectivity index (χ1v) is 5.91. The second kappa shape index (κ2) is 7.73. The fourth-order valence-corrected chi connectivity index (χ4v) is 1.48. The highest BCUT2D eigenvalue weighted by molar-refractivity contribution is 6.35. The van der Waals surface area contributed by atoms with Crippen LogP contribution in [-0.2, 0) is 4.74 Å². The monoisotopic (exact) mass is 273 g/mol. The molecule has 3 N–H and O–H groups in total. The van der Waals surface area contributed by atoms with Gasteiger partial charge in [0.1, 0.15) is 11.6 Å². The van der Waals surface area contributed by atoms with Gasteiger partial charge in [0.15, 0.2) is 5.84 Å². The third-order valence-electron chi connectivity index (χ3n) is 2.06. The molecule has 0 aliphatic rings. The van der Waals surface area contributed by atoms with Crippen LogP contribution in [0.25, 0.3) is 0 Å². The first-order chi connectivity index (χ1) is 8.70. The topological polar surface area (TPSA) is 90.0 Å². The van der Waals surface area contributed by atoms with Crippen LogP contribution in [0.15, 0.2) is 17.4 Å². The molecule has 1 aromatic rings.